The van der Waals surface area contributed by atoms with Gasteiger partial charge < -0.3 is 5.32 Å². The van der Waals surface area contributed by atoms with Crippen molar-refractivity contribution in [3.63, 3.8) is 0 Å². The topological polar surface area (TPSA) is 70.6 Å². The van der Waals surface area contributed by atoms with Crippen molar-refractivity contribution in [3.8, 4) is 0 Å². The molecule has 1 aliphatic rings. The second kappa shape index (κ2) is 3.23. The van der Waals surface area contributed by atoms with Gasteiger partial charge in [-0.2, -0.15) is 0 Å². The van der Waals surface area contributed by atoms with Crippen LogP contribution in [0.1, 0.15) is 0 Å². The van der Waals surface area contributed by atoms with Crippen LogP contribution in [-0.2, 0) is 4.79 Å². The molecular weight excluding hydrogens is 166 g/mol. The first-order chi connectivity index (χ1) is 5.24. The summed E-state index contributed by atoms with van der Waals surface area (Å²) in [4.78, 5) is 24.9. The summed E-state index contributed by atoms with van der Waals surface area (Å²) in [5.41, 5.74) is 0. The number of thiocarbonyl (C=S) groups is 1. The van der Waals surface area contributed by atoms with E-state index in [0.717, 1.165) is 0 Å². The molecule has 1 saturated heterocycles. The predicted molar refractivity (Wildman–Crippen MR) is 40.4 cm³/mol. The summed E-state index contributed by atoms with van der Waals surface area (Å²) in [7, 11) is 0. The highest BCUT2D eigenvalue weighted by Gasteiger charge is 2.24. The molecule has 11 heavy (non-hydrogen) atoms. The molecule has 6 heteroatoms. The highest BCUT2D eigenvalue weighted by Crippen LogP contribution is 1.93. The first-order valence-corrected chi connectivity index (χ1v) is 3.30. The van der Waals surface area contributed by atoms with Crippen molar-refractivity contribution in [2.24, 2.45) is 4.99 Å². The van der Waals surface area contributed by atoms with E-state index in [0.29, 0.717) is 0 Å². The van der Waals surface area contributed by atoms with Gasteiger partial charge in [0.1, 0.15) is 0 Å². The van der Waals surface area contributed by atoms with Crippen LogP contribution in [-0.4, -0.2) is 29.7 Å². The van der Waals surface area contributed by atoms with E-state index in [1.54, 1.807) is 0 Å². The van der Waals surface area contributed by atoms with Crippen LogP contribution in [0.2, 0.25) is 0 Å². The monoisotopic (exact) mass is 171 g/mol. The third kappa shape index (κ3) is 1.83. The van der Waals surface area contributed by atoms with Crippen molar-refractivity contribution in [2.45, 2.75) is 6.04 Å². The number of nitrogens with zero attached hydrogens (tertiary/aromatic N) is 1. The Morgan fingerprint density at radius 3 is 2.91 bits per heavy atom. The van der Waals surface area contributed by atoms with E-state index < -0.39 is 18.0 Å². The SMILES string of the molecule is O=C1NCC(N=C=S)C(=O)N1. The molecule has 0 aliphatic carbocycles. The van der Waals surface area contributed by atoms with Crippen LogP contribution >= 0.6 is 12.2 Å². The maximum Gasteiger partial charge on any atom is 0.321 e. The molecule has 58 valence electrons. The van der Waals surface area contributed by atoms with E-state index in [1.165, 1.54) is 0 Å². The van der Waals surface area contributed by atoms with Gasteiger partial charge in [-0.05, 0) is 12.2 Å². The van der Waals surface area contributed by atoms with Crippen LogP contribution in [0.5, 0.6) is 0 Å². The maximum absolute atomic E-state index is 10.8. The lowest BCUT2D eigenvalue weighted by Crippen LogP contribution is -2.54. The van der Waals surface area contributed by atoms with Gasteiger partial charge in [-0.25, -0.2) is 9.79 Å². The number of hydrogen-bond acceptors (Lipinski definition) is 4. The van der Waals surface area contributed by atoms with Crippen LogP contribution in [0.4, 0.5) is 4.79 Å². The van der Waals surface area contributed by atoms with Crippen molar-refractivity contribution in [1.82, 2.24) is 10.6 Å². The van der Waals surface area contributed by atoms with Crippen molar-refractivity contribution < 1.29 is 9.59 Å². The first kappa shape index (κ1) is 7.84. The molecule has 1 atom stereocenters. The average Bonchev–Trinajstić information content (AvgIpc) is 1.95. The van der Waals surface area contributed by atoms with Crippen LogP contribution in [0.15, 0.2) is 4.99 Å². The molecule has 0 spiro atoms. The summed E-state index contributed by atoms with van der Waals surface area (Å²) in [5, 5.41) is 6.52. The van der Waals surface area contributed by atoms with E-state index in [1.807, 2.05) is 5.32 Å². The normalized spacial score (nSPS) is 23.1. The summed E-state index contributed by atoms with van der Waals surface area (Å²) in [5.74, 6) is -0.439. The third-order valence-corrected chi connectivity index (χ3v) is 1.31. The van der Waals surface area contributed by atoms with E-state index in [-0.39, 0.29) is 6.54 Å². The summed E-state index contributed by atoms with van der Waals surface area (Å²) < 4.78 is 0. The van der Waals surface area contributed by atoms with Crippen molar-refractivity contribution in [1.29, 1.82) is 0 Å². The van der Waals surface area contributed by atoms with Gasteiger partial charge in [0.05, 0.1) is 11.7 Å². The minimum atomic E-state index is -0.620. The molecule has 1 heterocycles. The second-order valence-corrected chi connectivity index (χ2v) is 2.12. The Bertz CT molecular complexity index is 246. The molecule has 0 aromatic carbocycles. The highest BCUT2D eigenvalue weighted by molar-refractivity contribution is 7.78. The number of isothiocyanates is 1. The zero-order valence-corrected chi connectivity index (χ0v) is 6.27. The average molecular weight is 171 g/mol. The van der Waals surface area contributed by atoms with Gasteiger partial charge in [0.15, 0.2) is 6.04 Å². The summed E-state index contributed by atoms with van der Waals surface area (Å²) in [6.07, 6.45) is 0. The Labute approximate surface area is 67.9 Å². The first-order valence-electron chi connectivity index (χ1n) is 2.89. The largest absolute Gasteiger partial charge is 0.335 e. The number of carbonyl (C=O) groups excluding carboxylic acids is 2. The number of carbonyl (C=O) groups is 2. The second-order valence-electron chi connectivity index (χ2n) is 1.94. The number of hydrogen-bond donors (Lipinski definition) is 2. The minimum Gasteiger partial charge on any atom is -0.335 e. The lowest BCUT2D eigenvalue weighted by Gasteiger charge is -2.17. The van der Waals surface area contributed by atoms with Crippen LogP contribution in [0.3, 0.4) is 0 Å². The molecule has 0 radical (unpaired) electrons. The minimum absolute atomic E-state index is 0.189. The number of imide groups is 1. The Morgan fingerprint density at radius 1 is 1.64 bits per heavy atom. The zero-order valence-electron chi connectivity index (χ0n) is 5.46. The van der Waals surface area contributed by atoms with Gasteiger partial charge in [0, 0.05) is 0 Å². The highest BCUT2D eigenvalue weighted by atomic mass is 32.1. The van der Waals surface area contributed by atoms with Crippen LogP contribution in [0, 0.1) is 0 Å². The molecular formula is C5H5N3O2S. The molecule has 0 aromatic heterocycles. The van der Waals surface area contributed by atoms with Crippen molar-refractivity contribution in [2.75, 3.05) is 6.54 Å². The zero-order chi connectivity index (χ0) is 8.27. The molecule has 1 rings (SSSR count). The molecule has 0 saturated carbocycles. The summed E-state index contributed by atoms with van der Waals surface area (Å²) in [6, 6.07) is -1.11. The third-order valence-electron chi connectivity index (χ3n) is 1.20. The molecule has 0 bridgehead atoms. The number of urea groups is 1. The molecule has 5 nitrogen and oxygen atoms in total. The van der Waals surface area contributed by atoms with Gasteiger partial charge >= 0.3 is 6.03 Å². The van der Waals surface area contributed by atoms with Gasteiger partial charge in [-0.15, -0.1) is 0 Å². The lowest BCUT2D eigenvalue weighted by molar-refractivity contribution is -0.121. The number of amides is 3. The van der Waals surface area contributed by atoms with Crippen molar-refractivity contribution >= 4 is 29.3 Å². The predicted octanol–water partition coefficient (Wildman–Crippen LogP) is -0.703. The fourth-order valence-electron chi connectivity index (χ4n) is 0.689. The Kier molecular flexibility index (Phi) is 2.30. The smallest absolute Gasteiger partial charge is 0.321 e. The van der Waals surface area contributed by atoms with Gasteiger partial charge in [0.2, 0.25) is 0 Å². The number of nitrogens with one attached hydrogen (secondary N) is 2. The Morgan fingerprint density at radius 2 is 2.36 bits per heavy atom. The van der Waals surface area contributed by atoms with Gasteiger partial charge in [-0.1, -0.05) is 0 Å². The lowest BCUT2D eigenvalue weighted by atomic mass is 10.2. The summed E-state index contributed by atoms with van der Waals surface area (Å²) >= 11 is 4.31. The molecule has 0 aromatic rings. The van der Waals surface area contributed by atoms with Crippen LogP contribution < -0.4 is 10.6 Å². The van der Waals surface area contributed by atoms with E-state index in [9.17, 15) is 9.59 Å². The molecule has 1 aliphatic heterocycles. The van der Waals surface area contributed by atoms with Crippen LogP contribution in [0.25, 0.3) is 0 Å². The van der Waals surface area contributed by atoms with Gasteiger partial charge in [-0.3, -0.25) is 10.1 Å². The maximum atomic E-state index is 10.8. The van der Waals surface area contributed by atoms with Gasteiger partial charge in [0.25, 0.3) is 5.91 Å². The summed E-state index contributed by atoms with van der Waals surface area (Å²) in [6.45, 7) is 0.189. The quantitative estimate of drug-likeness (QED) is 0.404. The molecule has 3 amide bonds. The Hall–Kier alpha value is -1.26. The Balaban J connectivity index is 2.64. The fraction of sp³-hybridized carbons (Fsp3) is 0.400. The van der Waals surface area contributed by atoms with E-state index >= 15 is 0 Å². The van der Waals surface area contributed by atoms with E-state index in [4.69, 9.17) is 0 Å². The fourth-order valence-corrected chi connectivity index (χ4v) is 0.817. The standard InChI is InChI=1S/C5H5N3O2S/c9-4-3(7-2-11)1-6-5(10)8-4/h3H,1H2,(H2,6,8,9,10). The van der Waals surface area contributed by atoms with Crippen molar-refractivity contribution in [3.05, 3.63) is 0 Å². The molecule has 1 fully saturated rings. The van der Waals surface area contributed by atoms with E-state index in [2.05, 4.69) is 27.7 Å². The number of aliphatic imine (C=N–C) groups is 1. The molecule has 1 unspecified atom stereocenters. The molecule has 2 N–H and O–H groups in total. The number of rotatable bonds is 1.